The van der Waals surface area contributed by atoms with Crippen molar-refractivity contribution in [2.45, 2.75) is 58.8 Å². The topological polar surface area (TPSA) is 68.7 Å². The summed E-state index contributed by atoms with van der Waals surface area (Å²) in [6, 6.07) is 14.0. The van der Waals surface area contributed by atoms with Crippen LogP contribution in [0.2, 0.25) is 0 Å². The van der Waals surface area contributed by atoms with Gasteiger partial charge in [-0.3, -0.25) is 0 Å². The summed E-state index contributed by atoms with van der Waals surface area (Å²) >= 11 is 1.77. The molecular formula is C29H33BN4O3S. The first-order valence-electron chi connectivity index (χ1n) is 13.0. The zero-order chi connectivity index (χ0) is 26.7. The van der Waals surface area contributed by atoms with Gasteiger partial charge in [0.25, 0.3) is 0 Å². The zero-order valence-electron chi connectivity index (χ0n) is 22.8. The van der Waals surface area contributed by atoms with Crippen molar-refractivity contribution in [2.24, 2.45) is 0 Å². The number of ether oxygens (including phenoxy) is 1. The summed E-state index contributed by atoms with van der Waals surface area (Å²) in [4.78, 5) is 13.9. The molecule has 0 aliphatic carbocycles. The highest BCUT2D eigenvalue weighted by molar-refractivity contribution is 7.19. The minimum absolute atomic E-state index is 0.387. The highest BCUT2D eigenvalue weighted by Gasteiger charge is 2.51. The highest BCUT2D eigenvalue weighted by atomic mass is 32.1. The molecule has 0 unspecified atom stereocenters. The lowest BCUT2D eigenvalue weighted by Crippen LogP contribution is -2.41. The lowest BCUT2D eigenvalue weighted by Gasteiger charge is -2.32. The predicted octanol–water partition coefficient (Wildman–Crippen LogP) is 5.82. The van der Waals surface area contributed by atoms with E-state index < -0.39 is 7.12 Å². The van der Waals surface area contributed by atoms with Gasteiger partial charge in [0.05, 0.1) is 16.6 Å². The maximum absolute atomic E-state index is 6.29. The number of hydrogen-bond donors (Lipinski definition) is 1. The van der Waals surface area contributed by atoms with Crippen molar-refractivity contribution >= 4 is 45.6 Å². The van der Waals surface area contributed by atoms with E-state index >= 15 is 0 Å². The number of nitrogens with zero attached hydrogens (tertiary/aromatic N) is 3. The fourth-order valence-electron chi connectivity index (χ4n) is 4.96. The molecule has 0 spiro atoms. The molecule has 0 atom stereocenters. The monoisotopic (exact) mass is 528 g/mol. The third-order valence-electron chi connectivity index (χ3n) is 7.88. The third-order valence-corrected chi connectivity index (χ3v) is 9.00. The molecule has 2 aromatic heterocycles. The number of aryl methyl sites for hydroxylation is 1. The summed E-state index contributed by atoms with van der Waals surface area (Å²) in [5.74, 6) is 2.40. The highest BCUT2D eigenvalue weighted by Crippen LogP contribution is 2.39. The average Bonchev–Trinajstić information content (AvgIpc) is 3.34. The smallest absolute Gasteiger partial charge is 0.457 e. The second kappa shape index (κ2) is 9.34. The Bertz CT molecular complexity index is 1500. The Morgan fingerprint density at radius 1 is 1.05 bits per heavy atom. The van der Waals surface area contributed by atoms with Crippen molar-refractivity contribution in [3.63, 3.8) is 0 Å². The molecule has 38 heavy (non-hydrogen) atoms. The summed E-state index contributed by atoms with van der Waals surface area (Å²) in [7, 11) is 1.74. The van der Waals surface area contributed by atoms with E-state index in [-0.39, 0.29) is 11.2 Å². The molecule has 4 aromatic rings. The lowest BCUT2D eigenvalue weighted by atomic mass is 9.79. The van der Waals surface area contributed by atoms with Crippen molar-refractivity contribution < 1.29 is 14.0 Å². The van der Waals surface area contributed by atoms with E-state index in [2.05, 4.69) is 67.9 Å². The SMILES string of the molecule is Cc1cc(Nc2ncnc3sc4c(c23)CCN(C)C4)ccc1Oc1cccc(B2OC(C)(C)C(C)(C)O2)c1. The van der Waals surface area contributed by atoms with E-state index in [4.69, 9.17) is 14.0 Å². The molecule has 9 heteroatoms. The maximum atomic E-state index is 6.29. The molecule has 0 bridgehead atoms. The predicted molar refractivity (Wildman–Crippen MR) is 154 cm³/mol. The maximum Gasteiger partial charge on any atom is 0.494 e. The van der Waals surface area contributed by atoms with Gasteiger partial charge in [0.1, 0.15) is 28.5 Å². The third kappa shape index (κ3) is 4.58. The molecule has 0 amide bonds. The fraction of sp³-hybridized carbons (Fsp3) is 0.379. The Labute approximate surface area is 228 Å². The molecule has 196 valence electrons. The quantitative estimate of drug-likeness (QED) is 0.327. The number of likely N-dealkylation sites (N-methyl/N-ethyl adjacent to an activating group) is 1. The van der Waals surface area contributed by atoms with Gasteiger partial charge < -0.3 is 24.3 Å². The van der Waals surface area contributed by atoms with E-state index in [1.54, 1.807) is 17.7 Å². The van der Waals surface area contributed by atoms with Gasteiger partial charge in [-0.25, -0.2) is 9.97 Å². The summed E-state index contributed by atoms with van der Waals surface area (Å²) < 4.78 is 18.7. The van der Waals surface area contributed by atoms with Crippen LogP contribution in [0, 0.1) is 6.92 Å². The molecule has 4 heterocycles. The zero-order valence-corrected chi connectivity index (χ0v) is 23.6. The van der Waals surface area contributed by atoms with Crippen LogP contribution in [0.3, 0.4) is 0 Å². The van der Waals surface area contributed by atoms with Crippen LogP contribution in [-0.2, 0) is 22.3 Å². The summed E-state index contributed by atoms with van der Waals surface area (Å²) in [6.07, 6.45) is 2.67. The summed E-state index contributed by atoms with van der Waals surface area (Å²) in [6.45, 7) is 12.3. The molecule has 1 N–H and O–H groups in total. The number of fused-ring (bicyclic) bond motifs is 3. The van der Waals surface area contributed by atoms with E-state index in [0.717, 1.165) is 63.8 Å². The first-order valence-corrected chi connectivity index (χ1v) is 13.9. The van der Waals surface area contributed by atoms with Crippen LogP contribution in [0.25, 0.3) is 10.2 Å². The number of nitrogens with one attached hydrogen (secondary N) is 1. The number of thiophene rings is 1. The molecular weight excluding hydrogens is 495 g/mol. The number of aromatic nitrogens is 2. The Hall–Kier alpha value is -2.98. The van der Waals surface area contributed by atoms with Gasteiger partial charge in [-0.15, -0.1) is 11.3 Å². The van der Waals surface area contributed by atoms with Crippen molar-refractivity contribution in [3.05, 3.63) is 64.8 Å². The van der Waals surface area contributed by atoms with Crippen LogP contribution in [0.15, 0.2) is 48.8 Å². The lowest BCUT2D eigenvalue weighted by molar-refractivity contribution is 0.00578. The minimum atomic E-state index is -0.427. The van der Waals surface area contributed by atoms with Crippen molar-refractivity contribution in [1.29, 1.82) is 0 Å². The number of hydrogen-bond acceptors (Lipinski definition) is 8. The van der Waals surface area contributed by atoms with Crippen LogP contribution in [0.4, 0.5) is 11.5 Å². The Morgan fingerprint density at radius 2 is 1.84 bits per heavy atom. The van der Waals surface area contributed by atoms with E-state index in [9.17, 15) is 0 Å². The number of anilines is 2. The molecule has 0 radical (unpaired) electrons. The van der Waals surface area contributed by atoms with Crippen LogP contribution in [0.5, 0.6) is 11.5 Å². The van der Waals surface area contributed by atoms with Gasteiger partial charge in [-0.05, 0) is 95.0 Å². The first-order chi connectivity index (χ1) is 18.1. The van der Waals surface area contributed by atoms with Crippen molar-refractivity contribution in [1.82, 2.24) is 14.9 Å². The molecule has 7 nitrogen and oxygen atoms in total. The first kappa shape index (κ1) is 25.3. The molecule has 2 aliphatic rings. The summed E-state index contributed by atoms with van der Waals surface area (Å²) in [5.41, 5.74) is 3.54. The Morgan fingerprint density at radius 3 is 2.61 bits per heavy atom. The fourth-order valence-corrected chi connectivity index (χ4v) is 6.23. The van der Waals surface area contributed by atoms with Gasteiger partial charge in [0.15, 0.2) is 0 Å². The molecule has 2 aromatic carbocycles. The van der Waals surface area contributed by atoms with E-state index in [0.29, 0.717) is 0 Å². The van der Waals surface area contributed by atoms with Gasteiger partial charge >= 0.3 is 7.12 Å². The molecule has 1 fully saturated rings. The Balaban J connectivity index is 1.21. The summed E-state index contributed by atoms with van der Waals surface area (Å²) in [5, 5.41) is 4.69. The molecule has 2 aliphatic heterocycles. The average molecular weight is 528 g/mol. The van der Waals surface area contributed by atoms with E-state index in [1.165, 1.54) is 10.4 Å². The van der Waals surface area contributed by atoms with Gasteiger partial charge in [0, 0.05) is 23.7 Å². The standard InChI is InChI=1S/C29H33BN4O3S/c1-18-14-20(33-26-25-22-12-13-34(6)16-24(22)38-27(25)32-17-31-26)10-11-23(18)35-21-9-7-8-19(15-21)30-36-28(2,3)29(4,5)37-30/h7-11,14-15,17H,12-13,16H2,1-6H3,(H,31,32,33). The van der Waals surface area contributed by atoms with Crippen molar-refractivity contribution in [3.8, 4) is 11.5 Å². The number of benzene rings is 2. The van der Waals surface area contributed by atoms with Gasteiger partial charge in [-0.1, -0.05) is 12.1 Å². The Kier molecular flexibility index (Phi) is 6.22. The van der Waals surface area contributed by atoms with Crippen molar-refractivity contribution in [2.75, 3.05) is 18.9 Å². The largest absolute Gasteiger partial charge is 0.494 e. The van der Waals surface area contributed by atoms with Gasteiger partial charge in [-0.2, -0.15) is 0 Å². The molecule has 6 rings (SSSR count). The second-order valence-corrected chi connectivity index (χ2v) is 12.3. The van der Waals surface area contributed by atoms with Crippen LogP contribution in [-0.4, -0.2) is 46.8 Å². The molecule has 1 saturated heterocycles. The van der Waals surface area contributed by atoms with Crippen LogP contribution in [0.1, 0.15) is 43.7 Å². The normalized spacial score (nSPS) is 18.5. The molecule has 0 saturated carbocycles. The van der Waals surface area contributed by atoms with Crippen LogP contribution < -0.4 is 15.5 Å². The second-order valence-electron chi connectivity index (χ2n) is 11.3. The van der Waals surface area contributed by atoms with E-state index in [1.807, 2.05) is 36.4 Å². The minimum Gasteiger partial charge on any atom is -0.457 e. The number of rotatable bonds is 5. The van der Waals surface area contributed by atoms with Crippen LogP contribution >= 0.6 is 11.3 Å². The van der Waals surface area contributed by atoms with Gasteiger partial charge in [0.2, 0.25) is 0 Å².